The topological polar surface area (TPSA) is 41.4 Å². The van der Waals surface area contributed by atoms with E-state index in [2.05, 4.69) is 41.3 Å². The molecule has 1 aliphatic heterocycles. The maximum Gasteiger partial charge on any atom is 0.161 e. The minimum Gasteiger partial charge on any atom is -0.493 e. The highest BCUT2D eigenvalue weighted by Crippen LogP contribution is 2.38. The standard InChI is InChI=1S/C21H24BrNO4/c1-23-7-6-13-9-18(24-2)20(26-4)11-15(13)17(23)8-14-10-19(25-3)21(27-5)12-16(14)22/h6-7,9-12,17H,8H2,1-5H3/p+1. The van der Waals surface area contributed by atoms with E-state index < -0.39 is 0 Å². The summed E-state index contributed by atoms with van der Waals surface area (Å²) >= 11 is 3.68. The second kappa shape index (κ2) is 8.23. The molecule has 0 radical (unpaired) electrons. The molecule has 0 saturated carbocycles. The molecule has 0 aromatic heterocycles. The van der Waals surface area contributed by atoms with E-state index in [1.54, 1.807) is 28.4 Å². The van der Waals surface area contributed by atoms with Gasteiger partial charge in [-0.05, 0) is 41.5 Å². The average molecular weight is 435 g/mol. The molecule has 144 valence electrons. The molecule has 1 heterocycles. The van der Waals surface area contributed by atoms with Gasteiger partial charge in [-0.1, -0.05) is 15.9 Å². The van der Waals surface area contributed by atoms with Crippen molar-refractivity contribution in [3.8, 4) is 23.0 Å². The first-order valence-electron chi connectivity index (χ1n) is 8.70. The molecular weight excluding hydrogens is 410 g/mol. The maximum atomic E-state index is 5.52. The Morgan fingerprint density at radius 1 is 0.852 bits per heavy atom. The number of quaternary nitrogens is 1. The number of benzene rings is 2. The smallest absolute Gasteiger partial charge is 0.161 e. The summed E-state index contributed by atoms with van der Waals surface area (Å²) in [6, 6.07) is 8.35. The SMILES string of the molecule is COc1cc(Br)c(CC2c3cc(OC)c(OC)cc3C=C[NH+]2C)cc1OC. The van der Waals surface area contributed by atoms with Crippen LogP contribution >= 0.6 is 15.9 Å². The van der Waals surface area contributed by atoms with E-state index in [0.717, 1.165) is 39.3 Å². The van der Waals surface area contributed by atoms with Gasteiger partial charge in [0.1, 0.15) is 6.04 Å². The van der Waals surface area contributed by atoms with E-state index in [0.29, 0.717) is 5.75 Å². The zero-order valence-electron chi connectivity index (χ0n) is 16.3. The van der Waals surface area contributed by atoms with Crippen molar-refractivity contribution in [2.24, 2.45) is 0 Å². The van der Waals surface area contributed by atoms with Gasteiger partial charge >= 0.3 is 0 Å². The summed E-state index contributed by atoms with van der Waals surface area (Å²) in [5.74, 6) is 2.93. The Hall–Kier alpha value is -2.18. The molecule has 0 bridgehead atoms. The molecule has 0 fully saturated rings. The molecule has 0 spiro atoms. The van der Waals surface area contributed by atoms with Gasteiger partial charge in [0.25, 0.3) is 0 Å². The Morgan fingerprint density at radius 2 is 1.41 bits per heavy atom. The lowest BCUT2D eigenvalue weighted by atomic mass is 9.91. The summed E-state index contributed by atoms with van der Waals surface area (Å²) in [4.78, 5) is 1.30. The van der Waals surface area contributed by atoms with Crippen LogP contribution in [0, 0.1) is 0 Å². The molecule has 2 aromatic rings. The summed E-state index contributed by atoms with van der Waals surface area (Å²) in [6.07, 6.45) is 5.14. The van der Waals surface area contributed by atoms with Crippen molar-refractivity contribution in [1.29, 1.82) is 0 Å². The number of fused-ring (bicyclic) bond motifs is 1. The third-order valence-electron chi connectivity index (χ3n) is 5.02. The van der Waals surface area contributed by atoms with Gasteiger partial charge in [-0.15, -0.1) is 0 Å². The second-order valence-corrected chi connectivity index (χ2v) is 7.32. The highest BCUT2D eigenvalue weighted by Gasteiger charge is 2.29. The molecule has 2 atom stereocenters. The van der Waals surface area contributed by atoms with Crippen molar-refractivity contribution >= 4 is 22.0 Å². The normalized spacial score (nSPS) is 18.0. The van der Waals surface area contributed by atoms with Crippen LogP contribution in [-0.2, 0) is 6.42 Å². The van der Waals surface area contributed by atoms with E-state index in [1.165, 1.54) is 10.5 Å². The number of hydrogen-bond acceptors (Lipinski definition) is 4. The molecule has 0 amide bonds. The number of nitrogens with one attached hydrogen (secondary N) is 1. The van der Waals surface area contributed by atoms with Crippen molar-refractivity contribution in [3.05, 3.63) is 51.6 Å². The second-order valence-electron chi connectivity index (χ2n) is 6.47. The zero-order chi connectivity index (χ0) is 19.6. The molecule has 5 nitrogen and oxygen atoms in total. The Morgan fingerprint density at radius 3 is 2.04 bits per heavy atom. The van der Waals surface area contributed by atoms with Gasteiger partial charge in [0.05, 0.1) is 41.7 Å². The van der Waals surface area contributed by atoms with E-state index in [9.17, 15) is 0 Å². The number of methoxy groups -OCH3 is 4. The molecule has 2 unspecified atom stereocenters. The minimum absolute atomic E-state index is 0.235. The quantitative estimate of drug-likeness (QED) is 0.757. The summed E-state index contributed by atoms with van der Waals surface area (Å²) in [6.45, 7) is 0. The molecular formula is C21H25BrNO4+. The number of likely N-dealkylation sites (N-methyl/N-ethyl adjacent to an activating group) is 1. The van der Waals surface area contributed by atoms with Gasteiger partial charge in [0.15, 0.2) is 23.0 Å². The van der Waals surface area contributed by atoms with Crippen LogP contribution < -0.4 is 23.8 Å². The number of ether oxygens (including phenoxy) is 4. The van der Waals surface area contributed by atoms with Gasteiger partial charge < -0.3 is 23.8 Å². The lowest BCUT2D eigenvalue weighted by Gasteiger charge is -2.28. The fraction of sp³-hybridized carbons (Fsp3) is 0.333. The molecule has 27 heavy (non-hydrogen) atoms. The monoisotopic (exact) mass is 434 g/mol. The lowest BCUT2D eigenvalue weighted by Crippen LogP contribution is -3.05. The Bertz CT molecular complexity index is 866. The van der Waals surface area contributed by atoms with E-state index in [4.69, 9.17) is 18.9 Å². The summed E-state index contributed by atoms with van der Waals surface area (Å²) in [5, 5.41) is 0. The predicted molar refractivity (Wildman–Crippen MR) is 109 cm³/mol. The van der Waals surface area contributed by atoms with Crippen LogP contribution in [0.4, 0.5) is 0 Å². The first kappa shape index (κ1) is 19.6. The van der Waals surface area contributed by atoms with E-state index in [-0.39, 0.29) is 6.04 Å². The van der Waals surface area contributed by atoms with Crippen LogP contribution in [0.5, 0.6) is 23.0 Å². The fourth-order valence-electron chi connectivity index (χ4n) is 3.48. The average Bonchev–Trinajstić information content (AvgIpc) is 2.69. The van der Waals surface area contributed by atoms with Gasteiger partial charge in [-0.3, -0.25) is 0 Å². The minimum atomic E-state index is 0.235. The number of hydrogen-bond donors (Lipinski definition) is 1. The van der Waals surface area contributed by atoms with Crippen LogP contribution in [0.2, 0.25) is 0 Å². The Kier molecular flexibility index (Phi) is 5.97. The van der Waals surface area contributed by atoms with Crippen molar-refractivity contribution in [2.45, 2.75) is 12.5 Å². The van der Waals surface area contributed by atoms with Crippen molar-refractivity contribution < 1.29 is 23.8 Å². The van der Waals surface area contributed by atoms with Crippen LogP contribution in [0.15, 0.2) is 34.9 Å². The molecule has 0 aliphatic carbocycles. The molecule has 2 aromatic carbocycles. The van der Waals surface area contributed by atoms with Crippen LogP contribution in [-0.4, -0.2) is 35.5 Å². The highest BCUT2D eigenvalue weighted by atomic mass is 79.9. The predicted octanol–water partition coefficient (Wildman–Crippen LogP) is 3.27. The number of rotatable bonds is 6. The Balaban J connectivity index is 2.02. The summed E-state index contributed by atoms with van der Waals surface area (Å²) < 4.78 is 22.9. The van der Waals surface area contributed by atoms with Crippen LogP contribution in [0.3, 0.4) is 0 Å². The summed E-state index contributed by atoms with van der Waals surface area (Å²) in [7, 11) is 8.79. The maximum absolute atomic E-state index is 5.52. The van der Waals surface area contributed by atoms with E-state index in [1.807, 2.05) is 18.2 Å². The van der Waals surface area contributed by atoms with Gasteiger partial charge in [-0.25, -0.2) is 0 Å². The van der Waals surface area contributed by atoms with Gasteiger partial charge in [0, 0.05) is 16.5 Å². The Labute approximate surface area is 168 Å². The first-order chi connectivity index (χ1) is 13.0. The first-order valence-corrected chi connectivity index (χ1v) is 9.49. The van der Waals surface area contributed by atoms with Crippen molar-refractivity contribution in [3.63, 3.8) is 0 Å². The lowest BCUT2D eigenvalue weighted by molar-refractivity contribution is -0.860. The molecule has 6 heteroatoms. The van der Waals surface area contributed by atoms with Crippen molar-refractivity contribution in [2.75, 3.05) is 35.5 Å². The molecule has 1 N–H and O–H groups in total. The van der Waals surface area contributed by atoms with E-state index >= 15 is 0 Å². The third-order valence-corrected chi connectivity index (χ3v) is 5.75. The van der Waals surface area contributed by atoms with Crippen LogP contribution in [0.1, 0.15) is 22.7 Å². The largest absolute Gasteiger partial charge is 0.493 e. The van der Waals surface area contributed by atoms with Crippen molar-refractivity contribution in [1.82, 2.24) is 0 Å². The van der Waals surface area contributed by atoms with Crippen LogP contribution in [0.25, 0.3) is 6.08 Å². The summed E-state index contributed by atoms with van der Waals surface area (Å²) in [5.41, 5.74) is 3.54. The zero-order valence-corrected chi connectivity index (χ0v) is 17.8. The molecule has 3 rings (SSSR count). The molecule has 1 aliphatic rings. The highest BCUT2D eigenvalue weighted by molar-refractivity contribution is 9.10. The van der Waals surface area contributed by atoms with Gasteiger partial charge in [-0.2, -0.15) is 0 Å². The third kappa shape index (κ3) is 3.77. The molecule has 0 saturated heterocycles. The van der Waals surface area contributed by atoms with Gasteiger partial charge in [0.2, 0.25) is 0 Å². The fourth-order valence-corrected chi connectivity index (χ4v) is 3.97. The number of halogens is 1.